The number of hydrogen-bond acceptors (Lipinski definition) is 2. The number of fused-ring (bicyclic) bond motifs is 1. The number of amides is 1. The van der Waals surface area contributed by atoms with Crippen molar-refractivity contribution >= 4 is 17.0 Å². The summed E-state index contributed by atoms with van der Waals surface area (Å²) in [5.41, 5.74) is 8.64. The topological polar surface area (TPSA) is 69.2 Å². The summed E-state index contributed by atoms with van der Waals surface area (Å²) < 4.78 is 0. The van der Waals surface area contributed by atoms with Crippen LogP contribution in [0.25, 0.3) is 22.2 Å². The van der Waals surface area contributed by atoms with Gasteiger partial charge in [-0.3, -0.25) is 4.98 Å². The number of carbonyl (C=O) groups is 1. The van der Waals surface area contributed by atoms with Crippen LogP contribution in [0.3, 0.4) is 0 Å². The molecular weight excluding hydrogens is 386 g/mol. The van der Waals surface area contributed by atoms with E-state index in [1.54, 1.807) is 0 Å². The summed E-state index contributed by atoms with van der Waals surface area (Å²) in [5, 5.41) is 10.5. The fourth-order valence-corrected chi connectivity index (χ4v) is 5.14. The van der Waals surface area contributed by atoms with Crippen molar-refractivity contribution in [3.05, 3.63) is 52.8 Å². The number of benzene rings is 1. The highest BCUT2D eigenvalue weighted by atomic mass is 16.4. The van der Waals surface area contributed by atoms with Gasteiger partial charge in [0.25, 0.3) is 0 Å². The average Bonchev–Trinajstić information content (AvgIpc) is 3.52. The number of nitrogens with zero attached hydrogens (tertiary/aromatic N) is 2. The third-order valence-electron chi connectivity index (χ3n) is 6.93. The van der Waals surface area contributed by atoms with E-state index in [0.717, 1.165) is 18.5 Å². The normalized spacial score (nSPS) is 17.6. The molecule has 2 fully saturated rings. The van der Waals surface area contributed by atoms with E-state index < -0.39 is 6.09 Å². The number of piperidine rings is 1. The van der Waals surface area contributed by atoms with Crippen molar-refractivity contribution in [1.29, 1.82) is 0 Å². The van der Waals surface area contributed by atoms with Gasteiger partial charge in [-0.2, -0.15) is 0 Å². The van der Waals surface area contributed by atoms with E-state index in [1.165, 1.54) is 56.7 Å². The highest BCUT2D eigenvalue weighted by Crippen LogP contribution is 2.42. The number of aromatic amines is 1. The first-order valence-electron chi connectivity index (χ1n) is 11.5. The molecule has 31 heavy (non-hydrogen) atoms. The summed E-state index contributed by atoms with van der Waals surface area (Å²) in [4.78, 5) is 21.3. The smallest absolute Gasteiger partial charge is 0.407 e. The van der Waals surface area contributed by atoms with Crippen LogP contribution >= 0.6 is 0 Å². The van der Waals surface area contributed by atoms with E-state index in [1.807, 2.05) is 0 Å². The lowest BCUT2D eigenvalue weighted by molar-refractivity contribution is 0.132. The molecule has 2 aromatic heterocycles. The number of carboxylic acid groups (broad SMARTS) is 1. The zero-order valence-electron chi connectivity index (χ0n) is 18.6. The molecule has 3 aromatic rings. The lowest BCUT2D eigenvalue weighted by Gasteiger charge is -2.30. The van der Waals surface area contributed by atoms with Crippen LogP contribution in [0, 0.1) is 6.92 Å². The molecule has 1 aromatic carbocycles. The first-order valence-corrected chi connectivity index (χ1v) is 11.5. The Morgan fingerprint density at radius 2 is 1.84 bits per heavy atom. The molecule has 0 unspecified atom stereocenters. The summed E-state index contributed by atoms with van der Waals surface area (Å²) in [6, 6.07) is 11.3. The van der Waals surface area contributed by atoms with E-state index in [2.05, 4.69) is 56.1 Å². The number of likely N-dealkylation sites (tertiary alicyclic amines) is 1. The van der Waals surface area contributed by atoms with Crippen LogP contribution in [0.4, 0.5) is 4.79 Å². The summed E-state index contributed by atoms with van der Waals surface area (Å²) in [7, 11) is 0. The minimum Gasteiger partial charge on any atom is -0.465 e. The molecule has 162 valence electrons. The Hall–Kier alpha value is -2.82. The van der Waals surface area contributed by atoms with Crippen LogP contribution in [-0.4, -0.2) is 39.2 Å². The van der Waals surface area contributed by atoms with Crippen molar-refractivity contribution in [1.82, 2.24) is 14.9 Å². The number of nitrogens with one attached hydrogen (secondary N) is 1. The van der Waals surface area contributed by atoms with Gasteiger partial charge in [-0.1, -0.05) is 19.9 Å². The predicted octanol–water partition coefficient (Wildman–Crippen LogP) is 6.40. The van der Waals surface area contributed by atoms with Crippen molar-refractivity contribution in [3.8, 4) is 11.3 Å². The molecule has 0 spiro atoms. The molecule has 1 amide bonds. The zero-order chi connectivity index (χ0) is 21.7. The zero-order valence-corrected chi connectivity index (χ0v) is 18.6. The quantitative estimate of drug-likeness (QED) is 0.516. The van der Waals surface area contributed by atoms with Crippen LogP contribution in [0.5, 0.6) is 0 Å². The summed E-state index contributed by atoms with van der Waals surface area (Å²) in [6.45, 7) is 7.86. The largest absolute Gasteiger partial charge is 0.465 e. The molecule has 2 N–H and O–H groups in total. The van der Waals surface area contributed by atoms with Gasteiger partial charge in [0.15, 0.2) is 0 Å². The Labute approximate surface area is 183 Å². The minimum atomic E-state index is -0.801. The lowest BCUT2D eigenvalue weighted by Crippen LogP contribution is -2.36. The van der Waals surface area contributed by atoms with Gasteiger partial charge in [0.05, 0.1) is 5.69 Å². The van der Waals surface area contributed by atoms with Gasteiger partial charge in [0, 0.05) is 46.9 Å². The van der Waals surface area contributed by atoms with Crippen LogP contribution in [0.15, 0.2) is 30.3 Å². The number of H-pyrrole nitrogens is 1. The lowest BCUT2D eigenvalue weighted by atomic mass is 9.87. The first-order chi connectivity index (χ1) is 14.9. The van der Waals surface area contributed by atoms with Crippen LogP contribution in [0.2, 0.25) is 0 Å². The Bertz CT molecular complexity index is 1140. The van der Waals surface area contributed by atoms with Gasteiger partial charge in [-0.15, -0.1) is 0 Å². The maximum Gasteiger partial charge on any atom is 0.407 e. The maximum absolute atomic E-state index is 11.2. The fraction of sp³-hybridized carbons (Fsp3) is 0.462. The Morgan fingerprint density at radius 3 is 2.48 bits per heavy atom. The highest BCUT2D eigenvalue weighted by molar-refractivity contribution is 5.92. The molecule has 1 saturated heterocycles. The Kier molecular flexibility index (Phi) is 4.99. The van der Waals surface area contributed by atoms with E-state index in [9.17, 15) is 9.90 Å². The van der Waals surface area contributed by atoms with E-state index in [4.69, 9.17) is 4.98 Å². The average molecular weight is 418 g/mol. The van der Waals surface area contributed by atoms with Crippen LogP contribution < -0.4 is 0 Å². The summed E-state index contributed by atoms with van der Waals surface area (Å²) >= 11 is 0. The van der Waals surface area contributed by atoms with Gasteiger partial charge in [0.2, 0.25) is 0 Å². The predicted molar refractivity (Wildman–Crippen MR) is 124 cm³/mol. The molecular formula is C26H31N3O2. The van der Waals surface area contributed by atoms with Crippen molar-refractivity contribution in [2.24, 2.45) is 0 Å². The number of hydrogen-bond donors (Lipinski definition) is 2. The van der Waals surface area contributed by atoms with E-state index in [0.29, 0.717) is 30.8 Å². The van der Waals surface area contributed by atoms with Gasteiger partial charge in [-0.05, 0) is 79.8 Å². The number of pyridine rings is 1. The van der Waals surface area contributed by atoms with Crippen molar-refractivity contribution in [3.63, 3.8) is 0 Å². The van der Waals surface area contributed by atoms with Crippen molar-refractivity contribution in [2.45, 2.75) is 64.2 Å². The van der Waals surface area contributed by atoms with E-state index in [-0.39, 0.29) is 0 Å². The molecule has 1 aliphatic carbocycles. The summed E-state index contributed by atoms with van der Waals surface area (Å²) in [5.74, 6) is 1.45. The molecule has 5 heteroatoms. The molecule has 1 aliphatic heterocycles. The second kappa shape index (κ2) is 7.70. The van der Waals surface area contributed by atoms with Gasteiger partial charge in [0.1, 0.15) is 0 Å². The number of aromatic nitrogens is 2. The molecule has 2 aliphatic rings. The number of aryl methyl sites for hydroxylation is 1. The van der Waals surface area contributed by atoms with Crippen LogP contribution in [0.1, 0.15) is 79.8 Å². The van der Waals surface area contributed by atoms with E-state index >= 15 is 0 Å². The van der Waals surface area contributed by atoms with Gasteiger partial charge < -0.3 is 15.0 Å². The standard InChI is InChI=1S/C26H31N3O2/c1-15(2)24-21-13-19(17-8-10-29(11-9-17)26(30)31)6-7-22(21)28-25(24)20-12-16(3)27-23(14-20)18-4-5-18/h6-7,12-15,17-18,28H,4-5,8-11H2,1-3H3,(H,30,31). The number of rotatable bonds is 4. The summed E-state index contributed by atoms with van der Waals surface area (Å²) in [6.07, 6.45) is 3.48. The SMILES string of the molecule is Cc1cc(-c2[nH]c3ccc(C4CCN(C(=O)O)CC4)cc3c2C(C)C)cc(C2CC2)n1. The molecule has 5 nitrogen and oxygen atoms in total. The molecule has 0 bridgehead atoms. The maximum atomic E-state index is 11.2. The second-order valence-corrected chi connectivity index (χ2v) is 9.61. The molecule has 0 radical (unpaired) electrons. The third kappa shape index (κ3) is 3.82. The molecule has 0 atom stereocenters. The monoisotopic (exact) mass is 417 g/mol. The van der Waals surface area contributed by atoms with Gasteiger partial charge >= 0.3 is 6.09 Å². The molecule has 5 rings (SSSR count). The minimum absolute atomic E-state index is 0.394. The fourth-order valence-electron chi connectivity index (χ4n) is 5.14. The van der Waals surface area contributed by atoms with Crippen LogP contribution in [-0.2, 0) is 0 Å². The molecule has 3 heterocycles. The Balaban J connectivity index is 1.54. The molecule has 1 saturated carbocycles. The Morgan fingerprint density at radius 1 is 1.10 bits per heavy atom. The second-order valence-electron chi connectivity index (χ2n) is 9.61. The van der Waals surface area contributed by atoms with Crippen molar-refractivity contribution in [2.75, 3.05) is 13.1 Å². The van der Waals surface area contributed by atoms with Gasteiger partial charge in [-0.25, -0.2) is 4.79 Å². The third-order valence-corrected chi connectivity index (χ3v) is 6.93. The highest BCUT2D eigenvalue weighted by Gasteiger charge is 2.27. The first kappa shape index (κ1) is 20.1. The van der Waals surface area contributed by atoms with Crippen molar-refractivity contribution < 1.29 is 9.90 Å².